The highest BCUT2D eigenvalue weighted by atomic mass is 79.9. The fraction of sp³-hybridized carbons (Fsp3) is 0.364. The first-order chi connectivity index (χ1) is 8.19. The summed E-state index contributed by atoms with van der Waals surface area (Å²) in [6.07, 6.45) is 1.49. The summed E-state index contributed by atoms with van der Waals surface area (Å²) in [7, 11) is 4.56. The molecule has 0 radical (unpaired) electrons. The number of benzene rings is 1. The number of rotatable bonds is 5. The minimum Gasteiger partial charge on any atom is -0.493 e. The van der Waals surface area contributed by atoms with Crippen LogP contribution in [0.1, 0.15) is 5.56 Å². The molecule has 0 aromatic heterocycles. The molecule has 0 aliphatic heterocycles. The standard InChI is InChI=1S/C11H12BrNO4/c1-15-9-4-8(12)7(5-13-6-14)10(16-2)11(9)17-3/h4H,5H2,1-3H3. The molecular weight excluding hydrogens is 290 g/mol. The van der Waals surface area contributed by atoms with E-state index >= 15 is 0 Å². The Balaban J connectivity index is 3.42. The van der Waals surface area contributed by atoms with Gasteiger partial charge in [0.15, 0.2) is 11.5 Å². The molecule has 5 nitrogen and oxygen atoms in total. The molecule has 0 aliphatic carbocycles. The molecular formula is C11H12BrNO4. The predicted molar refractivity (Wildman–Crippen MR) is 65.6 cm³/mol. The lowest BCUT2D eigenvalue weighted by Crippen LogP contribution is -1.99. The molecule has 0 atom stereocenters. The Kier molecular flexibility index (Phi) is 5.00. The van der Waals surface area contributed by atoms with Gasteiger partial charge >= 0.3 is 0 Å². The maximum Gasteiger partial charge on any atom is 0.235 e. The van der Waals surface area contributed by atoms with E-state index in [1.807, 2.05) is 0 Å². The van der Waals surface area contributed by atoms with Crippen LogP contribution in [0.3, 0.4) is 0 Å². The first kappa shape index (κ1) is 13.5. The molecule has 6 heteroatoms. The number of methoxy groups -OCH3 is 3. The van der Waals surface area contributed by atoms with Gasteiger partial charge in [0.2, 0.25) is 11.8 Å². The molecule has 0 saturated carbocycles. The number of aliphatic imine (C=N–C) groups is 1. The lowest BCUT2D eigenvalue weighted by Gasteiger charge is -2.16. The number of halogens is 1. The molecule has 1 aromatic carbocycles. The lowest BCUT2D eigenvalue weighted by atomic mass is 10.1. The normalized spacial score (nSPS) is 9.41. The van der Waals surface area contributed by atoms with Crippen molar-refractivity contribution >= 4 is 22.0 Å². The van der Waals surface area contributed by atoms with Crippen molar-refractivity contribution in [2.45, 2.75) is 6.54 Å². The largest absolute Gasteiger partial charge is 0.493 e. The molecule has 92 valence electrons. The second kappa shape index (κ2) is 6.27. The van der Waals surface area contributed by atoms with Crippen LogP contribution in [-0.4, -0.2) is 27.4 Å². The summed E-state index contributed by atoms with van der Waals surface area (Å²) in [5, 5.41) is 0. The summed E-state index contributed by atoms with van der Waals surface area (Å²) in [6.45, 7) is 0.160. The van der Waals surface area contributed by atoms with Crippen molar-refractivity contribution in [1.82, 2.24) is 0 Å². The Morgan fingerprint density at radius 2 is 1.88 bits per heavy atom. The Hall–Kier alpha value is -1.52. The summed E-state index contributed by atoms with van der Waals surface area (Å²) >= 11 is 3.37. The van der Waals surface area contributed by atoms with Crippen LogP contribution >= 0.6 is 15.9 Å². The van der Waals surface area contributed by atoms with E-state index in [-0.39, 0.29) is 6.54 Å². The van der Waals surface area contributed by atoms with Gasteiger partial charge in [0.1, 0.15) is 0 Å². The summed E-state index contributed by atoms with van der Waals surface area (Å²) in [4.78, 5) is 13.7. The van der Waals surface area contributed by atoms with Crippen LogP contribution in [0, 0.1) is 0 Å². The lowest BCUT2D eigenvalue weighted by molar-refractivity contribution is 0.322. The Morgan fingerprint density at radius 3 is 2.35 bits per heavy atom. The van der Waals surface area contributed by atoms with E-state index < -0.39 is 0 Å². The SMILES string of the molecule is COc1cc(Br)c(CN=C=O)c(OC)c1OC. The zero-order valence-electron chi connectivity index (χ0n) is 9.74. The summed E-state index contributed by atoms with van der Waals surface area (Å²) < 4.78 is 16.4. The highest BCUT2D eigenvalue weighted by Crippen LogP contribution is 2.44. The van der Waals surface area contributed by atoms with Gasteiger partial charge < -0.3 is 14.2 Å². The fourth-order valence-electron chi connectivity index (χ4n) is 1.44. The molecule has 1 rings (SSSR count). The maximum absolute atomic E-state index is 10.2. The average molecular weight is 302 g/mol. The van der Waals surface area contributed by atoms with Gasteiger partial charge in [0.05, 0.1) is 27.9 Å². The first-order valence-corrected chi connectivity index (χ1v) is 5.49. The second-order valence-electron chi connectivity index (χ2n) is 3.01. The smallest absolute Gasteiger partial charge is 0.235 e. The van der Waals surface area contributed by atoms with Crippen LogP contribution < -0.4 is 14.2 Å². The molecule has 0 amide bonds. The van der Waals surface area contributed by atoms with E-state index in [0.717, 1.165) is 4.47 Å². The van der Waals surface area contributed by atoms with Gasteiger partial charge in [0.25, 0.3) is 0 Å². The average Bonchev–Trinajstić information content (AvgIpc) is 2.35. The Morgan fingerprint density at radius 1 is 1.24 bits per heavy atom. The highest BCUT2D eigenvalue weighted by Gasteiger charge is 2.19. The maximum atomic E-state index is 10.2. The number of nitrogens with zero attached hydrogens (tertiary/aromatic N) is 1. The van der Waals surface area contributed by atoms with Gasteiger partial charge in [0, 0.05) is 10.0 Å². The van der Waals surface area contributed by atoms with Crippen LogP contribution in [0.15, 0.2) is 15.5 Å². The van der Waals surface area contributed by atoms with Gasteiger partial charge in [-0.1, -0.05) is 15.9 Å². The molecule has 0 unspecified atom stereocenters. The Bertz CT molecular complexity index is 455. The quantitative estimate of drug-likeness (QED) is 0.618. The van der Waals surface area contributed by atoms with Crippen molar-refractivity contribution in [3.8, 4) is 17.2 Å². The van der Waals surface area contributed by atoms with Crippen LogP contribution in [0.2, 0.25) is 0 Å². The minimum atomic E-state index is 0.160. The van der Waals surface area contributed by atoms with Crippen molar-refractivity contribution in [1.29, 1.82) is 0 Å². The highest BCUT2D eigenvalue weighted by molar-refractivity contribution is 9.10. The third-order valence-corrected chi connectivity index (χ3v) is 2.89. The second-order valence-corrected chi connectivity index (χ2v) is 3.87. The van der Waals surface area contributed by atoms with Crippen molar-refractivity contribution in [3.63, 3.8) is 0 Å². The Labute approximate surface area is 108 Å². The van der Waals surface area contributed by atoms with E-state index in [2.05, 4.69) is 20.9 Å². The van der Waals surface area contributed by atoms with Crippen LogP contribution in [0.25, 0.3) is 0 Å². The molecule has 1 aromatic rings. The van der Waals surface area contributed by atoms with Crippen LogP contribution in [-0.2, 0) is 11.3 Å². The minimum absolute atomic E-state index is 0.160. The van der Waals surface area contributed by atoms with Crippen molar-refractivity contribution in [2.24, 2.45) is 4.99 Å². The summed E-state index contributed by atoms with van der Waals surface area (Å²) in [5.41, 5.74) is 0.702. The molecule has 0 bridgehead atoms. The molecule has 0 aliphatic rings. The number of hydrogen-bond acceptors (Lipinski definition) is 5. The monoisotopic (exact) mass is 301 g/mol. The van der Waals surface area contributed by atoms with E-state index in [4.69, 9.17) is 14.2 Å². The van der Waals surface area contributed by atoms with E-state index in [1.54, 1.807) is 6.07 Å². The van der Waals surface area contributed by atoms with Gasteiger partial charge in [-0.25, -0.2) is 9.79 Å². The van der Waals surface area contributed by atoms with E-state index in [1.165, 1.54) is 27.4 Å². The van der Waals surface area contributed by atoms with Gasteiger partial charge in [-0.3, -0.25) is 0 Å². The van der Waals surface area contributed by atoms with Crippen molar-refractivity contribution < 1.29 is 19.0 Å². The molecule has 0 heterocycles. The summed E-state index contributed by atoms with van der Waals surface area (Å²) in [5.74, 6) is 1.49. The van der Waals surface area contributed by atoms with Gasteiger partial charge in [-0.05, 0) is 6.07 Å². The predicted octanol–water partition coefficient (Wildman–Crippen LogP) is 2.31. The zero-order chi connectivity index (χ0) is 12.8. The molecule has 17 heavy (non-hydrogen) atoms. The zero-order valence-corrected chi connectivity index (χ0v) is 11.3. The number of hydrogen-bond donors (Lipinski definition) is 0. The third kappa shape index (κ3) is 2.78. The number of isocyanates is 1. The van der Waals surface area contributed by atoms with E-state index in [0.29, 0.717) is 22.8 Å². The van der Waals surface area contributed by atoms with Crippen molar-refractivity contribution in [2.75, 3.05) is 21.3 Å². The number of carbonyl (C=O) groups excluding carboxylic acids is 1. The van der Waals surface area contributed by atoms with Gasteiger partial charge in [-0.15, -0.1) is 0 Å². The van der Waals surface area contributed by atoms with Crippen LogP contribution in [0.5, 0.6) is 17.2 Å². The summed E-state index contributed by atoms with van der Waals surface area (Å²) in [6, 6.07) is 1.73. The molecule has 0 spiro atoms. The van der Waals surface area contributed by atoms with Crippen molar-refractivity contribution in [3.05, 3.63) is 16.1 Å². The molecule has 0 saturated heterocycles. The number of ether oxygens (including phenoxy) is 3. The van der Waals surface area contributed by atoms with Crippen LogP contribution in [0.4, 0.5) is 0 Å². The topological polar surface area (TPSA) is 57.1 Å². The molecule has 0 N–H and O–H groups in total. The fourth-order valence-corrected chi connectivity index (χ4v) is 1.96. The van der Waals surface area contributed by atoms with Gasteiger partial charge in [-0.2, -0.15) is 0 Å². The first-order valence-electron chi connectivity index (χ1n) is 4.70. The van der Waals surface area contributed by atoms with E-state index in [9.17, 15) is 4.79 Å². The molecule has 0 fully saturated rings. The third-order valence-electron chi connectivity index (χ3n) is 2.18.